The van der Waals surface area contributed by atoms with Gasteiger partial charge in [-0.05, 0) is 70.6 Å². The van der Waals surface area contributed by atoms with E-state index in [1.807, 2.05) is 0 Å². The molecule has 0 saturated heterocycles. The molecule has 0 spiro atoms. The lowest BCUT2D eigenvalue weighted by Gasteiger charge is -2.41. The van der Waals surface area contributed by atoms with Gasteiger partial charge < -0.3 is 39.9 Å². The van der Waals surface area contributed by atoms with E-state index in [0.29, 0.717) is 13.0 Å². The maximum absolute atomic E-state index is 12.9. The summed E-state index contributed by atoms with van der Waals surface area (Å²) in [4.78, 5) is 23.4. The first-order chi connectivity index (χ1) is 36.0. The molecule has 1 rings (SSSR count). The molecule has 6 unspecified atom stereocenters. The van der Waals surface area contributed by atoms with E-state index in [0.717, 1.165) is 44.9 Å². The van der Waals surface area contributed by atoms with Crippen LogP contribution in [-0.2, 0) is 27.9 Å². The van der Waals surface area contributed by atoms with E-state index >= 15 is 0 Å². The molecule has 12 nitrogen and oxygen atoms in total. The molecule has 0 aromatic carbocycles. The summed E-state index contributed by atoms with van der Waals surface area (Å²) in [5.41, 5.74) is 0. The number of phosphoric ester groups is 1. The molecule has 0 bridgehead atoms. The predicted octanol–water partition coefficient (Wildman–Crippen LogP) is 15.3. The summed E-state index contributed by atoms with van der Waals surface area (Å²) >= 11 is 0. The fraction of sp³-hybridized carbons (Fsp3) is 0.885. The highest BCUT2D eigenvalue weighted by Crippen LogP contribution is 2.47. The number of esters is 1. The molecule has 1 saturated carbocycles. The first-order valence-corrected chi connectivity index (χ1v) is 32.3. The van der Waals surface area contributed by atoms with Crippen LogP contribution in [-0.4, -0.2) is 98.9 Å². The van der Waals surface area contributed by atoms with Gasteiger partial charge in [-0.15, -0.1) is 0 Å². The zero-order valence-corrected chi connectivity index (χ0v) is 48.3. The number of ether oxygens (including phenoxy) is 2. The van der Waals surface area contributed by atoms with Crippen molar-refractivity contribution >= 4 is 13.8 Å². The Kier molecular flexibility index (Phi) is 48.7. The summed E-state index contributed by atoms with van der Waals surface area (Å²) < 4.78 is 34.5. The van der Waals surface area contributed by atoms with Crippen LogP contribution in [0.2, 0.25) is 0 Å². The van der Waals surface area contributed by atoms with E-state index in [2.05, 4.69) is 50.3 Å². The van der Waals surface area contributed by atoms with E-state index in [1.165, 1.54) is 212 Å². The number of rotatable bonds is 54. The van der Waals surface area contributed by atoms with Gasteiger partial charge in [0.05, 0.1) is 13.2 Å². The molecule has 1 aliphatic rings. The van der Waals surface area contributed by atoms with Crippen LogP contribution in [0.5, 0.6) is 0 Å². The summed E-state index contributed by atoms with van der Waals surface area (Å²) in [7, 11) is -5.03. The van der Waals surface area contributed by atoms with Crippen molar-refractivity contribution < 1.29 is 58.3 Å². The van der Waals surface area contributed by atoms with Crippen LogP contribution >= 0.6 is 7.82 Å². The summed E-state index contributed by atoms with van der Waals surface area (Å²) in [6, 6.07) is 0. The second kappa shape index (κ2) is 51.0. The Labute approximate surface area is 452 Å². The maximum Gasteiger partial charge on any atom is 0.472 e. The van der Waals surface area contributed by atoms with Crippen LogP contribution in [0.4, 0.5) is 0 Å². The molecule has 6 N–H and O–H groups in total. The zero-order valence-electron chi connectivity index (χ0n) is 47.4. The van der Waals surface area contributed by atoms with E-state index in [-0.39, 0.29) is 13.0 Å². The van der Waals surface area contributed by atoms with Crippen molar-refractivity contribution in [3.63, 3.8) is 0 Å². The summed E-state index contributed by atoms with van der Waals surface area (Å²) in [6.07, 6.45) is 52.2. The van der Waals surface area contributed by atoms with E-state index in [4.69, 9.17) is 18.5 Å². The normalized spacial score (nSPS) is 20.6. The Bertz CT molecular complexity index is 1360. The van der Waals surface area contributed by atoms with Gasteiger partial charge in [0.15, 0.2) is 0 Å². The number of carbonyl (C=O) groups excluding carboxylic acids is 1. The third-order valence-electron chi connectivity index (χ3n) is 14.5. The van der Waals surface area contributed by atoms with Gasteiger partial charge in [-0.1, -0.05) is 243 Å². The monoisotopic (exact) mass is 1070 g/mol. The maximum atomic E-state index is 12.9. The third kappa shape index (κ3) is 41.6. The molecule has 0 aromatic heterocycles. The van der Waals surface area contributed by atoms with Gasteiger partial charge in [0.25, 0.3) is 0 Å². The zero-order chi connectivity index (χ0) is 54.0. The first-order valence-electron chi connectivity index (χ1n) is 30.8. The van der Waals surface area contributed by atoms with Crippen LogP contribution in [0.25, 0.3) is 0 Å². The van der Waals surface area contributed by atoms with Crippen LogP contribution in [0.1, 0.15) is 284 Å². The topological polar surface area (TPSA) is 192 Å². The molecule has 1 fully saturated rings. The fourth-order valence-corrected chi connectivity index (χ4v) is 10.6. The standard InChI is InChI=1S/C61H115O12P/c1-3-5-7-9-11-13-15-17-19-21-23-25-27-29-31-33-35-37-39-41-43-45-47-49-51-70-52-54(53-71-74(68,69)73-61-59(66)57(64)56(63)58(65)60(61)67)72-55(62)50-48-46-44-42-40-38-36-34-32-30-28-26-24-22-20-18-16-14-12-10-8-6-4-2/h15,17,21-24,54,56-61,63-67H,3-14,16,18-20,25-53H2,1-2H3,(H,68,69)/b17-15-,23-21-,24-22-. The Morgan fingerprint density at radius 3 is 1.15 bits per heavy atom. The SMILES string of the molecule is CCCCCCC/C=C\C/C=C\CCCCCCCCCCCCCCOCC(COP(=O)(O)OC1C(O)C(O)C(O)C(O)C1O)OC(=O)CCCCCCCCCCCCC/C=C\CCCCCCCCCC. The third-order valence-corrected chi connectivity index (χ3v) is 15.5. The number of phosphoric acid groups is 1. The molecule has 0 amide bonds. The van der Waals surface area contributed by atoms with Crippen molar-refractivity contribution in [3.8, 4) is 0 Å². The lowest BCUT2D eigenvalue weighted by molar-refractivity contribution is -0.220. The van der Waals surface area contributed by atoms with Gasteiger partial charge >= 0.3 is 13.8 Å². The minimum atomic E-state index is -5.03. The Morgan fingerprint density at radius 2 is 0.757 bits per heavy atom. The van der Waals surface area contributed by atoms with Crippen molar-refractivity contribution in [2.75, 3.05) is 19.8 Å². The van der Waals surface area contributed by atoms with Gasteiger partial charge in [-0.25, -0.2) is 4.57 Å². The van der Waals surface area contributed by atoms with Crippen molar-refractivity contribution in [3.05, 3.63) is 36.5 Å². The number of unbranched alkanes of at least 4 members (excludes halogenated alkanes) is 36. The fourth-order valence-electron chi connectivity index (χ4n) is 9.62. The van der Waals surface area contributed by atoms with E-state index in [9.17, 15) is 39.8 Å². The lowest BCUT2D eigenvalue weighted by Crippen LogP contribution is -2.64. The molecule has 0 heterocycles. The minimum absolute atomic E-state index is 0.0753. The van der Waals surface area contributed by atoms with Crippen LogP contribution in [0.15, 0.2) is 36.5 Å². The molecule has 436 valence electrons. The average Bonchev–Trinajstić information content (AvgIpc) is 3.39. The largest absolute Gasteiger partial charge is 0.472 e. The minimum Gasteiger partial charge on any atom is -0.457 e. The second-order valence-corrected chi connectivity index (χ2v) is 23.0. The average molecular weight is 1070 g/mol. The first kappa shape index (κ1) is 70.6. The van der Waals surface area contributed by atoms with Crippen molar-refractivity contribution in [2.24, 2.45) is 0 Å². The molecule has 0 aliphatic heterocycles. The van der Waals surface area contributed by atoms with Crippen LogP contribution in [0.3, 0.4) is 0 Å². The molecule has 13 heteroatoms. The highest BCUT2D eigenvalue weighted by molar-refractivity contribution is 7.47. The second-order valence-electron chi connectivity index (χ2n) is 21.5. The van der Waals surface area contributed by atoms with E-state index < -0.39 is 63.1 Å². The number of aliphatic hydroxyl groups is 5. The quantitative estimate of drug-likeness (QED) is 0.0146. The smallest absolute Gasteiger partial charge is 0.457 e. The van der Waals surface area contributed by atoms with Gasteiger partial charge in [-0.2, -0.15) is 0 Å². The van der Waals surface area contributed by atoms with Crippen molar-refractivity contribution in [1.29, 1.82) is 0 Å². The number of allylic oxidation sites excluding steroid dienone is 6. The molecule has 0 radical (unpaired) electrons. The van der Waals surface area contributed by atoms with Gasteiger partial charge in [0, 0.05) is 13.0 Å². The van der Waals surface area contributed by atoms with Gasteiger partial charge in [-0.3, -0.25) is 13.8 Å². The van der Waals surface area contributed by atoms with Crippen LogP contribution in [0, 0.1) is 0 Å². The van der Waals surface area contributed by atoms with Gasteiger partial charge in [0.2, 0.25) is 0 Å². The summed E-state index contributed by atoms with van der Waals surface area (Å²) in [5, 5.41) is 50.5. The van der Waals surface area contributed by atoms with Crippen LogP contribution < -0.4 is 0 Å². The Hall–Kier alpha value is -1.44. The van der Waals surface area contributed by atoms with Crippen molar-refractivity contribution in [2.45, 2.75) is 326 Å². The number of carbonyl (C=O) groups is 1. The molecule has 74 heavy (non-hydrogen) atoms. The number of hydrogen-bond acceptors (Lipinski definition) is 11. The van der Waals surface area contributed by atoms with E-state index in [1.54, 1.807) is 0 Å². The predicted molar refractivity (Wildman–Crippen MR) is 304 cm³/mol. The summed E-state index contributed by atoms with van der Waals surface area (Å²) in [5.74, 6) is -0.474. The number of hydrogen-bond donors (Lipinski definition) is 6. The number of aliphatic hydroxyl groups excluding tert-OH is 5. The lowest BCUT2D eigenvalue weighted by atomic mass is 9.85. The highest BCUT2D eigenvalue weighted by Gasteiger charge is 2.51. The molecular weight excluding hydrogens is 956 g/mol. The molecule has 6 atom stereocenters. The highest BCUT2D eigenvalue weighted by atomic mass is 31.2. The summed E-state index contributed by atoms with van der Waals surface area (Å²) in [6.45, 7) is 4.30. The molecular formula is C61H115O12P. The Morgan fingerprint density at radius 1 is 0.432 bits per heavy atom. The molecule has 1 aliphatic carbocycles. The van der Waals surface area contributed by atoms with Crippen molar-refractivity contribution in [1.82, 2.24) is 0 Å². The Balaban J connectivity index is 2.25. The molecule has 0 aromatic rings. The van der Waals surface area contributed by atoms with Gasteiger partial charge in [0.1, 0.15) is 42.7 Å².